The molecule has 2 rings (SSSR count). The maximum atomic E-state index is 13.0. The van der Waals surface area contributed by atoms with Gasteiger partial charge < -0.3 is 9.45 Å². The molecule has 2 N–H and O–H groups in total. The van der Waals surface area contributed by atoms with Crippen molar-refractivity contribution in [3.05, 3.63) is 29.3 Å². The minimum absolute atomic E-state index is 0.163. The molecule has 0 amide bonds. The van der Waals surface area contributed by atoms with Crippen LogP contribution >= 0.6 is 0 Å². The first kappa shape index (κ1) is 14.3. The molecule has 1 fully saturated rings. The third-order valence-electron chi connectivity index (χ3n) is 2.90. The van der Waals surface area contributed by atoms with Crippen molar-refractivity contribution < 1.29 is 21.9 Å². The van der Waals surface area contributed by atoms with E-state index < -0.39 is 28.6 Å². The van der Waals surface area contributed by atoms with Crippen molar-refractivity contribution in [2.24, 2.45) is 0 Å². The van der Waals surface area contributed by atoms with Crippen LogP contribution in [0.3, 0.4) is 0 Å². The zero-order chi connectivity index (χ0) is 14.0. The van der Waals surface area contributed by atoms with E-state index in [9.17, 15) is 17.4 Å². The Morgan fingerprint density at radius 2 is 2.16 bits per heavy atom. The molecule has 1 saturated heterocycles. The largest absolute Gasteiger partial charge is 0.416 e. The Balaban J connectivity index is 2.38. The van der Waals surface area contributed by atoms with Crippen LogP contribution in [0.2, 0.25) is 0 Å². The van der Waals surface area contributed by atoms with Crippen LogP contribution in [0, 0.1) is 0 Å². The molecule has 0 radical (unpaired) electrons. The highest BCUT2D eigenvalue weighted by atomic mass is 32.2. The fourth-order valence-corrected chi connectivity index (χ4v) is 2.53. The molecule has 0 saturated carbocycles. The zero-order valence-electron chi connectivity index (χ0n) is 9.91. The minimum Gasteiger partial charge on any atom is -0.357 e. The molecule has 0 aliphatic carbocycles. The van der Waals surface area contributed by atoms with Gasteiger partial charge in [0, 0.05) is 18.8 Å². The van der Waals surface area contributed by atoms with Gasteiger partial charge in [0.1, 0.15) is 0 Å². The topological polar surface area (TPSA) is 52.6 Å². The molecule has 106 valence electrons. The predicted octanol–water partition coefficient (Wildman–Crippen LogP) is 1.79. The van der Waals surface area contributed by atoms with Gasteiger partial charge in [-0.1, -0.05) is 6.07 Å². The fraction of sp³-hybridized carbons (Fsp3) is 0.455. The zero-order valence-corrected chi connectivity index (χ0v) is 10.7. The highest BCUT2D eigenvalue weighted by Gasteiger charge is 2.34. The minimum atomic E-state index is -4.53. The smallest absolute Gasteiger partial charge is 0.357 e. The van der Waals surface area contributed by atoms with Crippen molar-refractivity contribution in [1.82, 2.24) is 5.32 Å². The SMILES string of the molecule is O=S(O)Cc1ccc(N2CCNC2)cc1C(F)(F)F. The maximum absolute atomic E-state index is 13.0. The van der Waals surface area contributed by atoms with Crippen LogP contribution in [0.4, 0.5) is 18.9 Å². The Hall–Kier alpha value is -1.12. The molecular weight excluding hydrogens is 281 g/mol. The lowest BCUT2D eigenvalue weighted by Gasteiger charge is -2.20. The van der Waals surface area contributed by atoms with E-state index >= 15 is 0 Å². The Morgan fingerprint density at radius 1 is 1.42 bits per heavy atom. The predicted molar refractivity (Wildman–Crippen MR) is 66.1 cm³/mol. The summed E-state index contributed by atoms with van der Waals surface area (Å²) in [5, 5.41) is 3.03. The molecular formula is C11H13F3N2O2S. The lowest BCUT2D eigenvalue weighted by Crippen LogP contribution is -2.22. The number of nitrogens with zero attached hydrogens (tertiary/aromatic N) is 1. The second-order valence-corrected chi connectivity index (χ2v) is 5.16. The van der Waals surface area contributed by atoms with Gasteiger partial charge >= 0.3 is 6.18 Å². The Morgan fingerprint density at radius 3 is 2.68 bits per heavy atom. The van der Waals surface area contributed by atoms with E-state index in [0.29, 0.717) is 18.9 Å². The second kappa shape index (κ2) is 5.48. The summed E-state index contributed by atoms with van der Waals surface area (Å²) in [6, 6.07) is 3.85. The van der Waals surface area contributed by atoms with Gasteiger partial charge in [0.25, 0.3) is 0 Å². The van der Waals surface area contributed by atoms with Crippen LogP contribution in [-0.4, -0.2) is 28.5 Å². The fourth-order valence-electron chi connectivity index (χ4n) is 2.01. The Labute approximate surface area is 110 Å². The summed E-state index contributed by atoms with van der Waals surface area (Å²) >= 11 is -2.30. The molecule has 1 aliphatic rings. The van der Waals surface area contributed by atoms with Gasteiger partial charge in [-0.3, -0.25) is 5.32 Å². The van der Waals surface area contributed by atoms with Gasteiger partial charge in [0.2, 0.25) is 0 Å². The first-order valence-corrected chi connectivity index (χ1v) is 6.89. The molecule has 1 aromatic rings. The van der Waals surface area contributed by atoms with E-state index in [4.69, 9.17) is 4.55 Å². The van der Waals surface area contributed by atoms with Crippen molar-refractivity contribution in [2.75, 3.05) is 24.7 Å². The number of rotatable bonds is 3. The standard InChI is InChI=1S/C11H13F3N2O2S/c12-11(13,14)10-5-9(16-4-3-15-7-16)2-1-8(10)6-19(17)18/h1-2,5,15H,3-4,6-7H2,(H,17,18). The molecule has 19 heavy (non-hydrogen) atoms. The van der Waals surface area contributed by atoms with Gasteiger partial charge in [0.15, 0.2) is 11.1 Å². The molecule has 1 atom stereocenters. The van der Waals surface area contributed by atoms with Gasteiger partial charge in [0.05, 0.1) is 18.0 Å². The van der Waals surface area contributed by atoms with Gasteiger partial charge in [-0.15, -0.1) is 0 Å². The van der Waals surface area contributed by atoms with Crippen LogP contribution in [0.5, 0.6) is 0 Å². The van der Waals surface area contributed by atoms with E-state index in [-0.39, 0.29) is 5.56 Å². The van der Waals surface area contributed by atoms with Gasteiger partial charge in [-0.2, -0.15) is 13.2 Å². The van der Waals surface area contributed by atoms with Crippen molar-refractivity contribution >= 4 is 16.8 Å². The van der Waals surface area contributed by atoms with E-state index in [2.05, 4.69) is 5.32 Å². The molecule has 1 aromatic carbocycles. The number of hydrogen-bond acceptors (Lipinski definition) is 3. The van der Waals surface area contributed by atoms with E-state index in [0.717, 1.165) is 12.6 Å². The first-order valence-electron chi connectivity index (χ1n) is 5.61. The second-order valence-electron chi connectivity index (χ2n) is 4.23. The summed E-state index contributed by atoms with van der Waals surface area (Å²) in [7, 11) is 0. The molecule has 1 aliphatic heterocycles. The molecule has 0 bridgehead atoms. The maximum Gasteiger partial charge on any atom is 0.416 e. The van der Waals surface area contributed by atoms with Crippen LogP contribution in [0.1, 0.15) is 11.1 Å². The third-order valence-corrected chi connectivity index (χ3v) is 3.46. The first-order chi connectivity index (χ1) is 8.88. The summed E-state index contributed by atoms with van der Waals surface area (Å²) < 4.78 is 58.3. The highest BCUT2D eigenvalue weighted by molar-refractivity contribution is 7.78. The summed E-state index contributed by atoms with van der Waals surface area (Å²) in [4.78, 5) is 1.79. The van der Waals surface area contributed by atoms with Crippen molar-refractivity contribution in [3.63, 3.8) is 0 Å². The molecule has 0 spiro atoms. The van der Waals surface area contributed by atoms with Crippen LogP contribution in [0.15, 0.2) is 18.2 Å². The van der Waals surface area contributed by atoms with Crippen molar-refractivity contribution in [3.8, 4) is 0 Å². The molecule has 1 heterocycles. The van der Waals surface area contributed by atoms with E-state index in [1.807, 2.05) is 0 Å². The number of benzene rings is 1. The summed E-state index contributed by atoms with van der Waals surface area (Å²) in [6.07, 6.45) is -4.53. The third kappa shape index (κ3) is 3.46. The Bertz CT molecular complexity index is 487. The van der Waals surface area contributed by atoms with Gasteiger partial charge in [-0.25, -0.2) is 4.21 Å². The molecule has 0 aromatic heterocycles. The summed E-state index contributed by atoms with van der Waals surface area (Å²) in [6.45, 7) is 1.87. The normalized spacial score (nSPS) is 17.8. The Kier molecular flexibility index (Phi) is 4.12. The van der Waals surface area contributed by atoms with E-state index in [1.165, 1.54) is 6.07 Å². The lowest BCUT2D eigenvalue weighted by molar-refractivity contribution is -0.138. The molecule has 4 nitrogen and oxygen atoms in total. The highest BCUT2D eigenvalue weighted by Crippen LogP contribution is 2.35. The monoisotopic (exact) mass is 294 g/mol. The van der Waals surface area contributed by atoms with Crippen LogP contribution in [0.25, 0.3) is 0 Å². The van der Waals surface area contributed by atoms with Crippen LogP contribution < -0.4 is 10.2 Å². The van der Waals surface area contributed by atoms with Crippen molar-refractivity contribution in [1.29, 1.82) is 0 Å². The number of nitrogens with one attached hydrogen (secondary N) is 1. The summed E-state index contributed by atoms with van der Waals surface area (Å²) in [5.41, 5.74) is -0.548. The number of hydrogen-bond donors (Lipinski definition) is 2. The number of alkyl halides is 3. The van der Waals surface area contributed by atoms with Crippen molar-refractivity contribution in [2.45, 2.75) is 11.9 Å². The van der Waals surface area contributed by atoms with Gasteiger partial charge in [-0.05, 0) is 17.7 Å². The number of halogens is 3. The summed E-state index contributed by atoms with van der Waals surface area (Å²) in [5.74, 6) is -0.520. The van der Waals surface area contributed by atoms with E-state index in [1.54, 1.807) is 11.0 Å². The number of anilines is 1. The van der Waals surface area contributed by atoms with Crippen LogP contribution in [-0.2, 0) is 23.0 Å². The lowest BCUT2D eigenvalue weighted by atomic mass is 10.1. The average molecular weight is 294 g/mol. The average Bonchev–Trinajstić information content (AvgIpc) is 2.80. The quantitative estimate of drug-likeness (QED) is 0.835. The molecule has 1 unspecified atom stereocenters. The molecule has 8 heteroatoms.